The highest BCUT2D eigenvalue weighted by molar-refractivity contribution is 6.08. The lowest BCUT2D eigenvalue weighted by Gasteiger charge is -2.51. The van der Waals surface area contributed by atoms with E-state index in [2.05, 4.69) is 0 Å². The summed E-state index contributed by atoms with van der Waals surface area (Å²) in [6, 6.07) is 15.2. The second-order valence-electron chi connectivity index (χ2n) is 7.56. The van der Waals surface area contributed by atoms with E-state index in [0.29, 0.717) is 0 Å². The van der Waals surface area contributed by atoms with Gasteiger partial charge in [-0.05, 0) is 36.1 Å². The molecule has 0 spiro atoms. The normalized spacial score (nSPS) is 32.0. The van der Waals surface area contributed by atoms with Gasteiger partial charge in [0.2, 0.25) is 11.8 Å². The zero-order valence-electron chi connectivity index (χ0n) is 14.1. The molecule has 1 aliphatic heterocycles. The molecule has 0 radical (unpaired) electrons. The number of likely N-dealkylation sites (tertiary alicyclic amines) is 1. The molecule has 0 saturated carbocycles. The SMILES string of the molecule is CC(C)N1C(=O)C2C3c4ccccc4C(O)(c4ccccc43)C2C1=O. The van der Waals surface area contributed by atoms with Gasteiger partial charge < -0.3 is 5.11 Å². The van der Waals surface area contributed by atoms with Crippen LogP contribution in [-0.4, -0.2) is 27.9 Å². The third-order valence-corrected chi connectivity index (χ3v) is 6.12. The number of nitrogens with zero attached hydrogens (tertiary/aromatic N) is 1. The van der Waals surface area contributed by atoms with E-state index in [0.717, 1.165) is 22.3 Å². The second kappa shape index (κ2) is 4.58. The van der Waals surface area contributed by atoms with Crippen LogP contribution in [0.15, 0.2) is 48.5 Å². The van der Waals surface area contributed by atoms with Crippen molar-refractivity contribution in [3.63, 3.8) is 0 Å². The molecule has 1 fully saturated rings. The highest BCUT2D eigenvalue weighted by Crippen LogP contribution is 2.62. The summed E-state index contributed by atoms with van der Waals surface area (Å²) in [5, 5.41) is 11.9. The van der Waals surface area contributed by atoms with Crippen molar-refractivity contribution in [1.82, 2.24) is 4.90 Å². The number of imide groups is 1. The fourth-order valence-corrected chi connectivity index (χ4v) is 5.26. The van der Waals surface area contributed by atoms with E-state index in [1.54, 1.807) is 0 Å². The maximum atomic E-state index is 13.2. The van der Waals surface area contributed by atoms with Crippen molar-refractivity contribution in [2.45, 2.75) is 31.4 Å². The quantitative estimate of drug-likeness (QED) is 0.815. The van der Waals surface area contributed by atoms with Crippen molar-refractivity contribution in [2.24, 2.45) is 11.8 Å². The fraction of sp³-hybridized carbons (Fsp3) is 0.333. The minimum atomic E-state index is -1.44. The molecule has 2 atom stereocenters. The van der Waals surface area contributed by atoms with Gasteiger partial charge in [0.15, 0.2) is 0 Å². The van der Waals surface area contributed by atoms with Gasteiger partial charge in [-0.1, -0.05) is 48.5 Å². The largest absolute Gasteiger partial charge is 0.379 e. The Kier molecular flexibility index (Phi) is 2.72. The molecule has 1 heterocycles. The van der Waals surface area contributed by atoms with E-state index >= 15 is 0 Å². The molecule has 1 N–H and O–H groups in total. The standard InChI is InChI=1S/C21H19NO3/c1-11(2)22-19(23)17-16-12-7-3-5-9-14(12)21(25,18(17)20(22)24)15-10-6-4-8-13(15)16/h3-11,16-18,25H,1-2H3. The van der Waals surface area contributed by atoms with Gasteiger partial charge in [-0.2, -0.15) is 0 Å². The van der Waals surface area contributed by atoms with E-state index < -0.39 is 17.4 Å². The van der Waals surface area contributed by atoms with Crippen LogP contribution in [0.25, 0.3) is 0 Å². The summed E-state index contributed by atoms with van der Waals surface area (Å²) in [5.74, 6) is -1.84. The molecular formula is C21H19NO3. The van der Waals surface area contributed by atoms with Crippen LogP contribution >= 0.6 is 0 Å². The number of aliphatic hydroxyl groups is 1. The van der Waals surface area contributed by atoms with Crippen LogP contribution in [0.5, 0.6) is 0 Å². The third-order valence-electron chi connectivity index (χ3n) is 6.12. The molecule has 2 bridgehead atoms. The van der Waals surface area contributed by atoms with Crippen molar-refractivity contribution >= 4 is 11.8 Å². The number of hydrogen-bond donors (Lipinski definition) is 1. The van der Waals surface area contributed by atoms with Crippen LogP contribution in [0.3, 0.4) is 0 Å². The second-order valence-corrected chi connectivity index (χ2v) is 7.56. The Morgan fingerprint density at radius 3 is 1.96 bits per heavy atom. The number of amides is 2. The van der Waals surface area contributed by atoms with Gasteiger partial charge in [-0.15, -0.1) is 0 Å². The number of hydrogen-bond acceptors (Lipinski definition) is 3. The van der Waals surface area contributed by atoms with Crippen molar-refractivity contribution < 1.29 is 14.7 Å². The highest BCUT2D eigenvalue weighted by Gasteiger charge is 2.68. The minimum absolute atomic E-state index is 0.155. The Hall–Kier alpha value is -2.46. The number of carbonyl (C=O) groups excluding carboxylic acids is 2. The van der Waals surface area contributed by atoms with Crippen LogP contribution < -0.4 is 0 Å². The predicted molar refractivity (Wildman–Crippen MR) is 91.7 cm³/mol. The summed E-state index contributed by atoms with van der Waals surface area (Å²) in [4.78, 5) is 27.6. The smallest absolute Gasteiger partial charge is 0.237 e. The van der Waals surface area contributed by atoms with E-state index in [4.69, 9.17) is 0 Å². The lowest BCUT2D eigenvalue weighted by Crippen LogP contribution is -2.53. The van der Waals surface area contributed by atoms with Crippen LogP contribution in [-0.2, 0) is 15.2 Å². The Morgan fingerprint density at radius 1 is 0.920 bits per heavy atom. The Labute approximate surface area is 146 Å². The van der Waals surface area contributed by atoms with Crippen LogP contribution in [0.1, 0.15) is 42.0 Å². The van der Waals surface area contributed by atoms with E-state index in [-0.39, 0.29) is 23.8 Å². The molecule has 1 saturated heterocycles. The lowest BCUT2D eigenvalue weighted by atomic mass is 9.52. The highest BCUT2D eigenvalue weighted by atomic mass is 16.3. The minimum Gasteiger partial charge on any atom is -0.379 e. The van der Waals surface area contributed by atoms with Gasteiger partial charge >= 0.3 is 0 Å². The molecule has 4 heteroatoms. The van der Waals surface area contributed by atoms with E-state index in [1.165, 1.54) is 4.90 Å². The molecule has 0 aromatic heterocycles. The molecule has 25 heavy (non-hydrogen) atoms. The topological polar surface area (TPSA) is 57.6 Å². The van der Waals surface area contributed by atoms with Crippen molar-refractivity contribution in [3.8, 4) is 0 Å². The lowest BCUT2D eigenvalue weighted by molar-refractivity contribution is -0.143. The first-order valence-electron chi connectivity index (χ1n) is 8.76. The van der Waals surface area contributed by atoms with Gasteiger partial charge in [-0.3, -0.25) is 14.5 Å². The van der Waals surface area contributed by atoms with Gasteiger partial charge in [0, 0.05) is 12.0 Å². The third kappa shape index (κ3) is 1.52. The summed E-state index contributed by atoms with van der Waals surface area (Å²) >= 11 is 0. The fourth-order valence-electron chi connectivity index (χ4n) is 5.26. The molecule has 2 amide bonds. The zero-order chi connectivity index (χ0) is 17.5. The molecular weight excluding hydrogens is 314 g/mol. The van der Waals surface area contributed by atoms with Crippen LogP contribution in [0, 0.1) is 11.8 Å². The van der Waals surface area contributed by atoms with Crippen molar-refractivity contribution in [2.75, 3.05) is 0 Å². The summed E-state index contributed by atoms with van der Waals surface area (Å²) in [6.07, 6.45) is 0. The predicted octanol–water partition coefficient (Wildman–Crippen LogP) is 2.39. The van der Waals surface area contributed by atoms with Crippen LogP contribution in [0.2, 0.25) is 0 Å². The van der Waals surface area contributed by atoms with Gasteiger partial charge in [0.1, 0.15) is 5.60 Å². The van der Waals surface area contributed by atoms with Crippen LogP contribution in [0.4, 0.5) is 0 Å². The molecule has 2 aromatic rings. The molecule has 4 aliphatic rings. The van der Waals surface area contributed by atoms with E-state index in [9.17, 15) is 14.7 Å². The summed E-state index contributed by atoms with van der Waals surface area (Å²) in [7, 11) is 0. The van der Waals surface area contributed by atoms with Crippen molar-refractivity contribution in [3.05, 3.63) is 70.8 Å². The van der Waals surface area contributed by atoms with Crippen molar-refractivity contribution in [1.29, 1.82) is 0 Å². The number of rotatable bonds is 1. The summed E-state index contributed by atoms with van der Waals surface area (Å²) in [6.45, 7) is 3.69. The maximum absolute atomic E-state index is 13.2. The van der Waals surface area contributed by atoms with Gasteiger partial charge in [0.05, 0.1) is 11.8 Å². The Balaban J connectivity index is 1.86. The molecule has 4 nitrogen and oxygen atoms in total. The Bertz CT molecular complexity index is 885. The average molecular weight is 333 g/mol. The van der Waals surface area contributed by atoms with E-state index in [1.807, 2.05) is 62.4 Å². The number of benzene rings is 2. The molecule has 2 aromatic carbocycles. The molecule has 6 rings (SSSR count). The first-order valence-corrected chi connectivity index (χ1v) is 8.76. The van der Waals surface area contributed by atoms with Gasteiger partial charge in [-0.25, -0.2) is 0 Å². The zero-order valence-corrected chi connectivity index (χ0v) is 14.1. The van der Waals surface area contributed by atoms with Gasteiger partial charge in [0.25, 0.3) is 0 Å². The average Bonchev–Trinajstić information content (AvgIpc) is 2.88. The summed E-state index contributed by atoms with van der Waals surface area (Å²) < 4.78 is 0. The first kappa shape index (κ1) is 14.8. The molecule has 126 valence electrons. The first-order chi connectivity index (χ1) is 12.0. The maximum Gasteiger partial charge on any atom is 0.237 e. The monoisotopic (exact) mass is 333 g/mol. The summed E-state index contributed by atoms with van der Waals surface area (Å²) in [5.41, 5.74) is 2.04. The molecule has 2 unspecified atom stereocenters. The number of carbonyl (C=O) groups is 2. The molecule has 3 aliphatic carbocycles. The Morgan fingerprint density at radius 2 is 1.44 bits per heavy atom.